The van der Waals surface area contributed by atoms with E-state index >= 15 is 4.39 Å². The molecule has 2 bridgehead atoms. The number of β-amino-alcohol motifs (C(OH)–C–C–N with tert-alkyl or cyclic N) is 1. The van der Waals surface area contributed by atoms with Gasteiger partial charge >= 0.3 is 6.01 Å². The molecule has 4 aliphatic heterocycles. The summed E-state index contributed by atoms with van der Waals surface area (Å²) in [6.45, 7) is 8.19. The van der Waals surface area contributed by atoms with Gasteiger partial charge in [0.2, 0.25) is 11.8 Å². The molecule has 420 valence electrons. The zero-order chi connectivity index (χ0) is 55.6. The Labute approximate surface area is 467 Å². The number of hydrogen-bond acceptors (Lipinski definition) is 15. The minimum absolute atomic E-state index is 0.0392. The molecule has 4 saturated heterocycles. The fourth-order valence-electron chi connectivity index (χ4n) is 12.6. The Bertz CT molecular complexity index is 3650. The molecule has 4 aromatic carbocycles. The molecular formula is C60H66FN13O7. The maximum Gasteiger partial charge on any atom is 0.319 e. The van der Waals surface area contributed by atoms with Crippen LogP contribution >= 0.6 is 0 Å². The number of carbonyl (C=O) groups excluding carboxylic acids is 2. The molecule has 2 amide bonds. The van der Waals surface area contributed by atoms with E-state index in [1.165, 1.54) is 15.6 Å². The van der Waals surface area contributed by atoms with Gasteiger partial charge in [-0.3, -0.25) is 19.4 Å². The molecule has 5 fully saturated rings. The summed E-state index contributed by atoms with van der Waals surface area (Å²) in [5.74, 6) is 0.0727. The van der Waals surface area contributed by atoms with Gasteiger partial charge in [0.1, 0.15) is 47.6 Å². The zero-order valence-corrected chi connectivity index (χ0v) is 45.8. The van der Waals surface area contributed by atoms with Gasteiger partial charge in [-0.15, -0.1) is 5.10 Å². The molecule has 1 aliphatic carbocycles. The van der Waals surface area contributed by atoms with Crippen LogP contribution in [-0.4, -0.2) is 142 Å². The van der Waals surface area contributed by atoms with Gasteiger partial charge in [0.15, 0.2) is 5.75 Å². The van der Waals surface area contributed by atoms with Crippen LogP contribution in [0.1, 0.15) is 92.6 Å². The van der Waals surface area contributed by atoms with Crippen LogP contribution in [0.3, 0.4) is 0 Å². The molecule has 20 nitrogen and oxygen atoms in total. The van der Waals surface area contributed by atoms with E-state index in [1.807, 2.05) is 82.4 Å². The Balaban J connectivity index is 0.785. The highest BCUT2D eigenvalue weighted by Crippen LogP contribution is 2.53. The molecule has 0 spiro atoms. The van der Waals surface area contributed by atoms with E-state index in [0.717, 1.165) is 95.3 Å². The second-order valence-electron chi connectivity index (χ2n) is 22.8. The number of benzene rings is 4. The third-order valence-electron chi connectivity index (χ3n) is 17.0. The second-order valence-corrected chi connectivity index (χ2v) is 22.8. The van der Waals surface area contributed by atoms with Crippen molar-refractivity contribution in [2.75, 3.05) is 44.4 Å². The molecule has 1 saturated carbocycles. The van der Waals surface area contributed by atoms with Crippen LogP contribution in [0, 0.1) is 18.7 Å². The highest BCUT2D eigenvalue weighted by atomic mass is 19.1. The number of anilines is 1. The molecule has 5 N–H and O–H groups in total. The van der Waals surface area contributed by atoms with E-state index in [0.29, 0.717) is 58.4 Å². The monoisotopic (exact) mass is 1100 g/mol. The van der Waals surface area contributed by atoms with Crippen LogP contribution in [0.4, 0.5) is 10.2 Å². The number of aromatic amines is 1. The van der Waals surface area contributed by atoms with Gasteiger partial charge < -0.3 is 44.9 Å². The highest BCUT2D eigenvalue weighted by Gasteiger charge is 2.44. The summed E-state index contributed by atoms with van der Waals surface area (Å²) in [6, 6.07) is 19.2. The SMILES string of the molecule is Cc1c(F)cc2[nH]ncc2c1-c1c(C2CC2)cc2c(N3C[C@@H]4C[C@H]3CN4)nc(OC3CCOCC3)nc2c1OCc1ccc(-c2cn([C@H](C(=O)N3C[C@H](O)C[C@H]3C(=O)N[C@@H](CO)c3ccc(-c4ccnn4C)cc3)C(C)C)nn2)cc1. The Hall–Kier alpha value is -7.85. The fraction of sp³-hybridized carbons (Fsp3) is 0.433. The number of fused-ring (bicyclic) bond motifs is 4. The molecule has 0 radical (unpaired) electrons. The van der Waals surface area contributed by atoms with Gasteiger partial charge in [-0.1, -0.05) is 67.6 Å². The zero-order valence-electron chi connectivity index (χ0n) is 45.8. The predicted molar refractivity (Wildman–Crippen MR) is 300 cm³/mol. The van der Waals surface area contributed by atoms with Crippen LogP contribution in [0.2, 0.25) is 0 Å². The normalized spacial score (nSPS) is 20.9. The lowest BCUT2D eigenvalue weighted by Crippen LogP contribution is -2.50. The van der Waals surface area contributed by atoms with Crippen molar-refractivity contribution in [3.63, 3.8) is 0 Å². The molecule has 13 rings (SSSR count). The highest BCUT2D eigenvalue weighted by molar-refractivity contribution is 6.06. The lowest BCUT2D eigenvalue weighted by molar-refractivity contribution is -0.142. The summed E-state index contributed by atoms with van der Waals surface area (Å²) < 4.78 is 38.9. The number of nitrogens with zero attached hydrogens (tertiary/aromatic N) is 10. The number of aryl methyl sites for hydroxylation is 1. The van der Waals surface area contributed by atoms with Crippen LogP contribution in [-0.2, 0) is 28.0 Å². The Morgan fingerprint density at radius 3 is 2.44 bits per heavy atom. The summed E-state index contributed by atoms with van der Waals surface area (Å²) in [4.78, 5) is 42.9. The Morgan fingerprint density at radius 1 is 0.951 bits per heavy atom. The van der Waals surface area contributed by atoms with E-state index in [-0.39, 0.29) is 67.9 Å². The summed E-state index contributed by atoms with van der Waals surface area (Å²) >= 11 is 0. The van der Waals surface area contributed by atoms with E-state index in [9.17, 15) is 19.8 Å². The van der Waals surface area contributed by atoms with E-state index in [1.54, 1.807) is 23.3 Å². The van der Waals surface area contributed by atoms with Gasteiger partial charge in [0.25, 0.3) is 0 Å². The van der Waals surface area contributed by atoms with E-state index in [2.05, 4.69) is 47.2 Å². The maximum absolute atomic E-state index is 16.2. The standard InChI is InChI=1S/C60H66FN13O7/c1-32(2)55(59(78)73-28-41(76)22-51(73)58(77)65-49(30-75)37-11-13-38(14-12-37)50-15-18-64-71(50)4)74-29-48(69-70-74)36-7-5-34(6-8-36)31-80-56-53(52-33(3)46(61)24-47-45(52)26-63-68-47)43(35-9-10-35)23-44-54(56)66-60(81-42-16-19-79-20-17-42)67-57(44)72-27-39-21-40(72)25-62-39/h5-8,11-15,18,23-24,26,29,32,35,39-42,49,51,55,62,75-76H,9-10,16-17,19-22,25,27-28,30-31H2,1-4H3,(H,63,68)(H,65,77)/t39-,40-,41+,49-,51-,55-/m0/s1. The number of aliphatic hydroxyl groups is 2. The molecule has 21 heteroatoms. The quantitative estimate of drug-likeness (QED) is 0.0627. The number of rotatable bonds is 17. The average Bonchev–Trinajstić information content (AvgIpc) is 4.38. The van der Waals surface area contributed by atoms with Crippen molar-refractivity contribution < 1.29 is 38.4 Å². The largest absolute Gasteiger partial charge is 0.486 e. The summed E-state index contributed by atoms with van der Waals surface area (Å²) in [5, 5.41) is 50.2. The van der Waals surface area contributed by atoms with Crippen LogP contribution < -0.4 is 25.0 Å². The number of piperazine rings is 1. The van der Waals surface area contributed by atoms with E-state index in [4.69, 9.17) is 24.2 Å². The minimum atomic E-state index is -0.983. The first kappa shape index (κ1) is 52.5. The minimum Gasteiger partial charge on any atom is -0.486 e. The van der Waals surface area contributed by atoms with Gasteiger partial charge in [-0.05, 0) is 84.0 Å². The van der Waals surface area contributed by atoms with Crippen LogP contribution in [0.25, 0.3) is 55.4 Å². The summed E-state index contributed by atoms with van der Waals surface area (Å²) in [5.41, 5.74) is 8.88. The lowest BCUT2D eigenvalue weighted by atomic mass is 9.88. The van der Waals surface area contributed by atoms with E-state index < -0.39 is 30.1 Å². The first-order chi connectivity index (χ1) is 39.4. The van der Waals surface area contributed by atoms with Crippen molar-refractivity contribution >= 4 is 39.4 Å². The second kappa shape index (κ2) is 21.6. The van der Waals surface area contributed by atoms with Crippen molar-refractivity contribution in [1.29, 1.82) is 0 Å². The smallest absolute Gasteiger partial charge is 0.319 e. The molecule has 5 aliphatic rings. The number of halogens is 1. The fourth-order valence-corrected chi connectivity index (χ4v) is 12.6. The molecule has 0 unspecified atom stereocenters. The third kappa shape index (κ3) is 10.0. The molecule has 6 atom stereocenters. The lowest BCUT2D eigenvalue weighted by Gasteiger charge is -2.31. The molecule has 81 heavy (non-hydrogen) atoms. The number of aromatic nitrogens is 9. The van der Waals surface area contributed by atoms with Crippen LogP contribution in [0.5, 0.6) is 11.8 Å². The van der Waals surface area contributed by atoms with Gasteiger partial charge in [-0.25, -0.2) is 9.07 Å². The molecule has 8 aromatic rings. The van der Waals surface area contributed by atoms with Gasteiger partial charge in [0.05, 0.1) is 55.6 Å². The summed E-state index contributed by atoms with van der Waals surface area (Å²) in [7, 11) is 1.86. The number of ether oxygens (including phenoxy) is 3. The first-order valence-corrected chi connectivity index (χ1v) is 28.2. The van der Waals surface area contributed by atoms with Crippen LogP contribution in [0.15, 0.2) is 85.3 Å². The van der Waals surface area contributed by atoms with Gasteiger partial charge in [-0.2, -0.15) is 20.2 Å². The average molecular weight is 1100 g/mol. The van der Waals surface area contributed by atoms with Crippen molar-refractivity contribution in [1.82, 2.24) is 60.5 Å². The number of likely N-dealkylation sites (tertiary alicyclic amines) is 1. The topological polar surface area (TPSA) is 236 Å². The number of amides is 2. The number of H-pyrrole nitrogens is 1. The number of aliphatic hydroxyl groups excluding tert-OH is 2. The molecule has 4 aromatic heterocycles. The first-order valence-electron chi connectivity index (χ1n) is 28.2. The van der Waals surface area contributed by atoms with Crippen molar-refractivity contribution in [3.8, 4) is 45.4 Å². The molecule has 8 heterocycles. The number of nitrogens with one attached hydrogen (secondary N) is 3. The Kier molecular flexibility index (Phi) is 14.0. The molecular weight excluding hydrogens is 1030 g/mol. The summed E-state index contributed by atoms with van der Waals surface area (Å²) in [6.07, 6.45) is 8.62. The number of hydrogen-bond donors (Lipinski definition) is 5. The van der Waals surface area contributed by atoms with Crippen molar-refractivity contribution in [2.45, 2.75) is 114 Å². The van der Waals surface area contributed by atoms with Crippen molar-refractivity contribution in [3.05, 3.63) is 113 Å². The third-order valence-corrected chi connectivity index (χ3v) is 17.0. The van der Waals surface area contributed by atoms with Crippen molar-refractivity contribution in [2.24, 2.45) is 13.0 Å². The number of carbonyl (C=O) groups is 2. The van der Waals surface area contributed by atoms with Gasteiger partial charge in [0, 0.05) is 91.7 Å². The maximum atomic E-state index is 16.2. The predicted octanol–water partition coefficient (Wildman–Crippen LogP) is 6.85. The Morgan fingerprint density at radius 2 is 1.74 bits per heavy atom.